The van der Waals surface area contributed by atoms with Gasteiger partial charge in [0.1, 0.15) is 0 Å². The zero-order chi connectivity index (χ0) is 25.1. The summed E-state index contributed by atoms with van der Waals surface area (Å²) >= 11 is 0. The molecule has 0 spiro atoms. The third kappa shape index (κ3) is 5.67. The molecule has 2 saturated heterocycles. The smallest absolute Gasteiger partial charge is 0.223 e. The number of piperazine rings is 1. The molecule has 7 nitrogen and oxygen atoms in total. The number of carbonyl (C=O) groups excluding carboxylic acids is 1. The fraction of sp³-hybridized carbons (Fsp3) is 0.517. The second kappa shape index (κ2) is 10.9. The number of benzene rings is 2. The predicted molar refractivity (Wildman–Crippen MR) is 148 cm³/mol. The molecule has 0 atom stereocenters. The average molecular weight is 489 g/mol. The van der Waals surface area contributed by atoms with E-state index in [1.807, 2.05) is 0 Å². The first-order valence-corrected chi connectivity index (χ1v) is 13.5. The van der Waals surface area contributed by atoms with Crippen molar-refractivity contribution in [2.45, 2.75) is 40.0 Å². The van der Waals surface area contributed by atoms with E-state index >= 15 is 0 Å². The number of nitrogens with one attached hydrogen (secondary N) is 2. The van der Waals surface area contributed by atoms with Gasteiger partial charge in [0.2, 0.25) is 11.9 Å². The maximum absolute atomic E-state index is 12.8. The maximum Gasteiger partial charge on any atom is 0.223 e. The number of nitrogens with zero attached hydrogens (tertiary/aromatic N) is 4. The Labute approximate surface area is 214 Å². The van der Waals surface area contributed by atoms with Gasteiger partial charge in [-0.05, 0) is 81.5 Å². The lowest BCUT2D eigenvalue weighted by Gasteiger charge is -2.37. The summed E-state index contributed by atoms with van der Waals surface area (Å²) in [4.78, 5) is 28.3. The molecule has 0 unspecified atom stereocenters. The fourth-order valence-electron chi connectivity index (χ4n) is 5.54. The second-order valence-electron chi connectivity index (χ2n) is 10.6. The highest BCUT2D eigenvalue weighted by Gasteiger charge is 2.26. The normalized spacial score (nSPS) is 17.6. The minimum Gasteiger partial charge on any atom is -0.369 e. The molecule has 2 fully saturated rings. The van der Waals surface area contributed by atoms with Crippen LogP contribution < -0.4 is 15.1 Å². The topological polar surface area (TPSA) is 67.5 Å². The summed E-state index contributed by atoms with van der Waals surface area (Å²) < 4.78 is 0. The van der Waals surface area contributed by atoms with E-state index in [0.717, 1.165) is 88.6 Å². The molecule has 2 aromatic carbocycles. The Morgan fingerprint density at radius 3 is 2.44 bits per heavy atom. The van der Waals surface area contributed by atoms with Crippen LogP contribution >= 0.6 is 0 Å². The van der Waals surface area contributed by atoms with Crippen LogP contribution in [-0.2, 0) is 4.79 Å². The number of fused-ring (bicyclic) bond motifs is 1. The Morgan fingerprint density at radius 2 is 1.67 bits per heavy atom. The van der Waals surface area contributed by atoms with Gasteiger partial charge >= 0.3 is 0 Å². The maximum atomic E-state index is 12.8. The van der Waals surface area contributed by atoms with Crippen LogP contribution in [0.2, 0.25) is 0 Å². The highest BCUT2D eigenvalue weighted by molar-refractivity contribution is 5.80. The van der Waals surface area contributed by atoms with Crippen LogP contribution in [0, 0.1) is 26.7 Å². The zero-order valence-electron chi connectivity index (χ0n) is 22.0. The summed E-state index contributed by atoms with van der Waals surface area (Å²) in [6.07, 6.45) is 2.76. The number of aromatic nitrogens is 2. The van der Waals surface area contributed by atoms with Crippen molar-refractivity contribution in [3.63, 3.8) is 0 Å². The zero-order valence-corrected chi connectivity index (χ0v) is 22.0. The Kier molecular flexibility index (Phi) is 7.46. The first kappa shape index (κ1) is 24.6. The highest BCUT2D eigenvalue weighted by atomic mass is 16.1. The number of hydrogen-bond acceptors (Lipinski definition) is 5. The Bertz CT molecular complexity index is 1190. The largest absolute Gasteiger partial charge is 0.369 e. The number of piperidine rings is 1. The number of carbonyl (C=O) groups is 1. The molecule has 36 heavy (non-hydrogen) atoms. The number of hydrogen-bond donors (Lipinski definition) is 2. The monoisotopic (exact) mass is 488 g/mol. The number of aryl methyl sites for hydroxylation is 3. The van der Waals surface area contributed by atoms with Gasteiger partial charge in [-0.1, -0.05) is 18.2 Å². The van der Waals surface area contributed by atoms with Crippen molar-refractivity contribution in [3.8, 4) is 0 Å². The molecule has 2 aliphatic heterocycles. The molecule has 5 rings (SSSR count). The molecular weight excluding hydrogens is 448 g/mol. The fourth-order valence-corrected chi connectivity index (χ4v) is 5.54. The lowest BCUT2D eigenvalue weighted by molar-refractivity contribution is -0.125. The summed E-state index contributed by atoms with van der Waals surface area (Å²) in [6, 6.07) is 13.0. The standard InChI is InChI=1S/C29H40N6O/c1-21-6-8-25-26(19-21)32-29(31-25)35-13-9-24(10-14-35)28(36)30-11-4-12-33-15-17-34(18-16-33)27-20-22(2)5-7-23(27)3/h5-8,19-20,24H,4,9-18H2,1-3H3,(H,30,36)(H,31,32). The van der Waals surface area contributed by atoms with Crippen LogP contribution in [0.3, 0.4) is 0 Å². The third-order valence-electron chi connectivity index (χ3n) is 7.82. The van der Waals surface area contributed by atoms with Gasteiger partial charge in [-0.3, -0.25) is 9.69 Å². The molecule has 0 radical (unpaired) electrons. The van der Waals surface area contributed by atoms with E-state index in [1.54, 1.807) is 0 Å². The number of amides is 1. The van der Waals surface area contributed by atoms with Crippen molar-refractivity contribution in [3.05, 3.63) is 53.1 Å². The van der Waals surface area contributed by atoms with E-state index in [2.05, 4.69) is 82.2 Å². The van der Waals surface area contributed by atoms with Gasteiger partial charge in [0.15, 0.2) is 0 Å². The average Bonchev–Trinajstić information content (AvgIpc) is 3.32. The van der Waals surface area contributed by atoms with E-state index in [1.165, 1.54) is 22.4 Å². The molecule has 0 saturated carbocycles. The Morgan fingerprint density at radius 1 is 0.944 bits per heavy atom. The predicted octanol–water partition coefficient (Wildman–Crippen LogP) is 4.03. The Hall–Kier alpha value is -3.06. The summed E-state index contributed by atoms with van der Waals surface area (Å²) in [6.45, 7) is 14.3. The molecule has 1 amide bonds. The van der Waals surface area contributed by atoms with Crippen LogP contribution in [-0.4, -0.2) is 73.1 Å². The third-order valence-corrected chi connectivity index (χ3v) is 7.82. The van der Waals surface area contributed by atoms with E-state index in [-0.39, 0.29) is 11.8 Å². The van der Waals surface area contributed by atoms with Crippen molar-refractivity contribution in [1.29, 1.82) is 0 Å². The van der Waals surface area contributed by atoms with Crippen molar-refractivity contribution in [1.82, 2.24) is 20.2 Å². The molecule has 3 aromatic rings. The number of imidazole rings is 1. The number of aromatic amines is 1. The molecule has 0 bridgehead atoms. The van der Waals surface area contributed by atoms with Crippen LogP contribution in [0.25, 0.3) is 11.0 Å². The van der Waals surface area contributed by atoms with Crippen LogP contribution in [0.15, 0.2) is 36.4 Å². The van der Waals surface area contributed by atoms with Gasteiger partial charge in [-0.25, -0.2) is 4.98 Å². The van der Waals surface area contributed by atoms with E-state index in [0.29, 0.717) is 0 Å². The molecule has 1 aromatic heterocycles. The lowest BCUT2D eigenvalue weighted by atomic mass is 9.96. The van der Waals surface area contributed by atoms with E-state index in [4.69, 9.17) is 4.98 Å². The highest BCUT2D eigenvalue weighted by Crippen LogP contribution is 2.25. The number of H-pyrrole nitrogens is 1. The number of anilines is 2. The summed E-state index contributed by atoms with van der Waals surface area (Å²) in [5, 5.41) is 3.20. The summed E-state index contributed by atoms with van der Waals surface area (Å²) in [7, 11) is 0. The SMILES string of the molecule is Cc1ccc(C)c(N2CCN(CCCNC(=O)C3CCN(c4nc5ccc(C)cc5[nH]4)CC3)CC2)c1. The van der Waals surface area contributed by atoms with Gasteiger partial charge < -0.3 is 20.1 Å². The lowest BCUT2D eigenvalue weighted by Crippen LogP contribution is -2.47. The molecular formula is C29H40N6O. The van der Waals surface area contributed by atoms with E-state index in [9.17, 15) is 4.79 Å². The quantitative estimate of drug-likeness (QED) is 0.492. The van der Waals surface area contributed by atoms with Crippen LogP contribution in [0.5, 0.6) is 0 Å². The second-order valence-corrected chi connectivity index (χ2v) is 10.6. The minimum atomic E-state index is 0.106. The summed E-state index contributed by atoms with van der Waals surface area (Å²) in [5.41, 5.74) is 7.37. The van der Waals surface area contributed by atoms with Crippen molar-refractivity contribution in [2.24, 2.45) is 5.92 Å². The molecule has 2 aliphatic rings. The first-order valence-electron chi connectivity index (χ1n) is 13.5. The van der Waals surface area contributed by atoms with Gasteiger partial charge in [0, 0.05) is 57.4 Å². The van der Waals surface area contributed by atoms with Crippen LogP contribution in [0.4, 0.5) is 11.6 Å². The first-order chi connectivity index (χ1) is 17.5. The van der Waals surface area contributed by atoms with Gasteiger partial charge in [-0.15, -0.1) is 0 Å². The molecule has 3 heterocycles. The molecule has 2 N–H and O–H groups in total. The molecule has 192 valence electrons. The van der Waals surface area contributed by atoms with Crippen molar-refractivity contribution in [2.75, 3.05) is 62.2 Å². The summed E-state index contributed by atoms with van der Waals surface area (Å²) in [5.74, 6) is 1.25. The van der Waals surface area contributed by atoms with Gasteiger partial charge in [-0.2, -0.15) is 0 Å². The van der Waals surface area contributed by atoms with Crippen molar-refractivity contribution < 1.29 is 4.79 Å². The minimum absolute atomic E-state index is 0.106. The van der Waals surface area contributed by atoms with E-state index < -0.39 is 0 Å². The van der Waals surface area contributed by atoms with Gasteiger partial charge in [0.25, 0.3) is 0 Å². The Balaban J connectivity index is 0.999. The molecule has 7 heteroatoms. The van der Waals surface area contributed by atoms with Gasteiger partial charge in [0.05, 0.1) is 11.0 Å². The van der Waals surface area contributed by atoms with Crippen molar-refractivity contribution >= 4 is 28.6 Å². The molecule has 0 aliphatic carbocycles. The number of rotatable bonds is 7. The van der Waals surface area contributed by atoms with Crippen LogP contribution in [0.1, 0.15) is 36.0 Å².